The molecule has 2 fully saturated rings. The van der Waals surface area contributed by atoms with E-state index in [0.29, 0.717) is 12.1 Å². The number of piperazine rings is 1. The number of aromatic amines is 1. The van der Waals surface area contributed by atoms with Crippen LogP contribution in [0.1, 0.15) is 6.42 Å². The average molecular weight is 536 g/mol. The molecule has 0 spiro atoms. The number of halogens is 1. The second kappa shape index (κ2) is 9.14. The number of benzene rings is 1. The Bertz CT molecular complexity index is 1790. The van der Waals surface area contributed by atoms with Crippen molar-refractivity contribution in [2.75, 3.05) is 25.0 Å². The summed E-state index contributed by atoms with van der Waals surface area (Å²) in [5.41, 5.74) is 7.53. The average Bonchev–Trinajstić information content (AvgIpc) is 3.75. The highest BCUT2D eigenvalue weighted by molar-refractivity contribution is 6.02. The largest absolute Gasteiger partial charge is 0.351 e. The van der Waals surface area contributed by atoms with Crippen molar-refractivity contribution in [3.63, 3.8) is 0 Å². The lowest BCUT2D eigenvalue weighted by Crippen LogP contribution is -2.44. The number of anilines is 1. The van der Waals surface area contributed by atoms with Crippen LogP contribution in [0, 0.1) is 0 Å². The first-order chi connectivity index (χ1) is 18.7. The zero-order valence-corrected chi connectivity index (χ0v) is 22.1. The van der Waals surface area contributed by atoms with Crippen LogP contribution < -0.4 is 4.90 Å². The molecule has 5 aromatic heterocycles. The number of aromatic nitrogens is 7. The Kier molecular flexibility index (Phi) is 5.57. The van der Waals surface area contributed by atoms with E-state index >= 15 is 0 Å². The van der Waals surface area contributed by atoms with Gasteiger partial charge in [0.05, 0.1) is 23.0 Å². The Balaban J connectivity index is 0.00000253. The fraction of sp³-hybridized carbons (Fsp3) is 0.207. The van der Waals surface area contributed by atoms with Crippen LogP contribution in [0.5, 0.6) is 0 Å². The summed E-state index contributed by atoms with van der Waals surface area (Å²) >= 11 is 0. The number of fused-ring (bicyclic) bond motifs is 4. The van der Waals surface area contributed by atoms with Crippen molar-refractivity contribution in [1.29, 1.82) is 0 Å². The Labute approximate surface area is 230 Å². The Morgan fingerprint density at radius 3 is 2.54 bits per heavy atom. The van der Waals surface area contributed by atoms with Crippen molar-refractivity contribution in [2.45, 2.75) is 18.5 Å². The monoisotopic (exact) mass is 535 g/mol. The van der Waals surface area contributed by atoms with Gasteiger partial charge in [-0.1, -0.05) is 12.1 Å². The summed E-state index contributed by atoms with van der Waals surface area (Å²) in [4.78, 5) is 18.8. The summed E-state index contributed by atoms with van der Waals surface area (Å²) in [6.07, 6.45) is 10.5. The van der Waals surface area contributed by atoms with E-state index in [0.717, 1.165) is 69.1 Å². The molecule has 2 saturated heterocycles. The molecule has 2 bridgehead atoms. The minimum atomic E-state index is 0. The molecule has 9 nitrogen and oxygen atoms in total. The maximum Gasteiger partial charge on any atom is 0.164 e. The van der Waals surface area contributed by atoms with Crippen molar-refractivity contribution >= 4 is 34.8 Å². The van der Waals surface area contributed by atoms with Crippen LogP contribution in [0.2, 0.25) is 0 Å². The Morgan fingerprint density at radius 2 is 1.77 bits per heavy atom. The third kappa shape index (κ3) is 3.69. The molecule has 10 heteroatoms. The molecular weight excluding hydrogens is 510 g/mol. The molecule has 1 N–H and O–H groups in total. The first-order valence-corrected chi connectivity index (χ1v) is 12.9. The number of likely N-dealkylation sites (tertiary alicyclic amines) is 1. The van der Waals surface area contributed by atoms with Gasteiger partial charge in [-0.25, -0.2) is 14.5 Å². The maximum atomic E-state index is 5.12. The van der Waals surface area contributed by atoms with Gasteiger partial charge in [-0.2, -0.15) is 10.2 Å². The summed E-state index contributed by atoms with van der Waals surface area (Å²) in [5, 5.41) is 13.5. The molecule has 7 heterocycles. The zero-order valence-electron chi connectivity index (χ0n) is 21.3. The van der Waals surface area contributed by atoms with Crippen LogP contribution in [0.15, 0.2) is 79.5 Å². The zero-order chi connectivity index (χ0) is 25.2. The van der Waals surface area contributed by atoms with Gasteiger partial charge in [-0.3, -0.25) is 15.0 Å². The van der Waals surface area contributed by atoms with Gasteiger partial charge in [0.25, 0.3) is 0 Å². The third-order valence-corrected chi connectivity index (χ3v) is 8.08. The summed E-state index contributed by atoms with van der Waals surface area (Å²) in [6.45, 7) is 2.15. The van der Waals surface area contributed by atoms with E-state index in [-0.39, 0.29) is 12.4 Å². The predicted octanol–water partition coefficient (Wildman–Crippen LogP) is 4.71. The summed E-state index contributed by atoms with van der Waals surface area (Å²) in [5.74, 6) is 1.05. The number of rotatable bonds is 4. The molecular formula is C29H26ClN9. The van der Waals surface area contributed by atoms with Gasteiger partial charge in [0, 0.05) is 66.5 Å². The van der Waals surface area contributed by atoms with Gasteiger partial charge in [-0.05, 0) is 55.4 Å². The summed E-state index contributed by atoms with van der Waals surface area (Å²) < 4.78 is 1.94. The number of H-pyrrole nitrogens is 1. The van der Waals surface area contributed by atoms with E-state index < -0.39 is 0 Å². The molecule has 0 amide bonds. The van der Waals surface area contributed by atoms with Crippen molar-refractivity contribution < 1.29 is 0 Å². The highest BCUT2D eigenvalue weighted by Gasteiger charge is 2.41. The number of hydrogen-bond donors (Lipinski definition) is 1. The number of pyridine rings is 2. The molecule has 0 unspecified atom stereocenters. The molecule has 194 valence electrons. The molecule has 0 saturated carbocycles. The smallest absolute Gasteiger partial charge is 0.164 e. The van der Waals surface area contributed by atoms with Gasteiger partial charge in [-0.15, -0.1) is 12.4 Å². The Morgan fingerprint density at radius 1 is 0.872 bits per heavy atom. The van der Waals surface area contributed by atoms with Crippen molar-refractivity contribution in [3.05, 3.63) is 79.5 Å². The molecule has 1 aromatic carbocycles. The normalized spacial score (nSPS) is 18.7. The van der Waals surface area contributed by atoms with E-state index in [1.165, 1.54) is 6.42 Å². The van der Waals surface area contributed by atoms with E-state index in [2.05, 4.69) is 50.2 Å². The summed E-state index contributed by atoms with van der Waals surface area (Å²) in [7, 11) is 2.22. The highest BCUT2D eigenvalue weighted by Crippen LogP contribution is 2.39. The Hall–Kier alpha value is -4.34. The lowest BCUT2D eigenvalue weighted by Gasteiger charge is -2.32. The van der Waals surface area contributed by atoms with Crippen LogP contribution in [-0.2, 0) is 0 Å². The molecule has 39 heavy (non-hydrogen) atoms. The number of likely N-dealkylation sites (N-methyl/N-ethyl adjacent to an activating group) is 1. The SMILES string of the molecule is CN1C[C@@H]2C[C@H]1CN2c1ccc(-c2ccnc3c(-c4cccc5[nH]ncc45)c(-c4ccncc4)nn23)cn1.Cl. The second-order valence-electron chi connectivity index (χ2n) is 10.2. The van der Waals surface area contributed by atoms with E-state index in [4.69, 9.17) is 15.1 Å². The minimum absolute atomic E-state index is 0. The molecule has 2 aliphatic rings. The molecule has 2 aliphatic heterocycles. The van der Waals surface area contributed by atoms with Gasteiger partial charge < -0.3 is 4.90 Å². The maximum absolute atomic E-state index is 5.12. The van der Waals surface area contributed by atoms with Crippen LogP contribution >= 0.6 is 12.4 Å². The molecule has 0 aliphatic carbocycles. The van der Waals surface area contributed by atoms with Gasteiger partial charge in [0.1, 0.15) is 11.5 Å². The van der Waals surface area contributed by atoms with Crippen molar-refractivity contribution in [2.24, 2.45) is 0 Å². The lowest BCUT2D eigenvalue weighted by atomic mass is 9.99. The van der Waals surface area contributed by atoms with Crippen LogP contribution in [0.25, 0.3) is 50.2 Å². The fourth-order valence-corrected chi connectivity index (χ4v) is 6.16. The lowest BCUT2D eigenvalue weighted by molar-refractivity contribution is 0.292. The van der Waals surface area contributed by atoms with Gasteiger partial charge in [0.2, 0.25) is 0 Å². The fourth-order valence-electron chi connectivity index (χ4n) is 6.16. The predicted molar refractivity (Wildman–Crippen MR) is 154 cm³/mol. The first-order valence-electron chi connectivity index (χ1n) is 12.9. The van der Waals surface area contributed by atoms with Crippen molar-refractivity contribution in [1.82, 2.24) is 39.7 Å². The number of hydrogen-bond acceptors (Lipinski definition) is 7. The summed E-state index contributed by atoms with van der Waals surface area (Å²) in [6, 6.07) is 17.6. The van der Waals surface area contributed by atoms with E-state index in [9.17, 15) is 0 Å². The topological polar surface area (TPSA) is 91.1 Å². The standard InChI is InChI=1S/C29H25N9.ClH/c1-36-16-21-13-20(36)17-37(21)26-6-5-19(14-32-26)25-9-12-31-29-27(22-3-2-4-24-23(22)15-33-34-24)28(35-38(25)29)18-7-10-30-11-8-18;/h2-12,14-15,20-21H,13,16-17H2,1H3,(H,33,34);1H/t20-,21-;/m0./s1. The van der Waals surface area contributed by atoms with Gasteiger partial charge in [0.15, 0.2) is 5.65 Å². The quantitative estimate of drug-likeness (QED) is 0.349. The number of nitrogens with zero attached hydrogens (tertiary/aromatic N) is 8. The van der Waals surface area contributed by atoms with E-state index in [1.54, 1.807) is 12.4 Å². The molecule has 0 radical (unpaired) electrons. The third-order valence-electron chi connectivity index (χ3n) is 8.08. The van der Waals surface area contributed by atoms with Crippen LogP contribution in [0.4, 0.5) is 5.82 Å². The minimum Gasteiger partial charge on any atom is -0.351 e. The van der Waals surface area contributed by atoms with Crippen LogP contribution in [0.3, 0.4) is 0 Å². The second-order valence-corrected chi connectivity index (χ2v) is 10.2. The molecule has 8 rings (SSSR count). The van der Waals surface area contributed by atoms with E-state index in [1.807, 2.05) is 53.4 Å². The highest BCUT2D eigenvalue weighted by atomic mass is 35.5. The van der Waals surface area contributed by atoms with Crippen LogP contribution in [-0.4, -0.2) is 71.9 Å². The molecule has 2 atom stereocenters. The van der Waals surface area contributed by atoms with Crippen molar-refractivity contribution in [3.8, 4) is 33.6 Å². The molecule has 6 aromatic rings. The number of nitrogens with one attached hydrogen (secondary N) is 1. The van der Waals surface area contributed by atoms with Gasteiger partial charge >= 0.3 is 0 Å². The first kappa shape index (κ1) is 23.8.